The summed E-state index contributed by atoms with van der Waals surface area (Å²) in [5, 5.41) is 0.425. The first kappa shape index (κ1) is 20.2. The van der Waals surface area contributed by atoms with Gasteiger partial charge in [0.25, 0.3) is 0 Å². The number of hydrogen-bond donors (Lipinski definition) is 0. The molecule has 0 radical (unpaired) electrons. The number of alkyl halides is 3. The van der Waals surface area contributed by atoms with Crippen LogP contribution in [-0.4, -0.2) is 15.0 Å². The SMILES string of the molecule is CC1CCOC(c2ccc(Cl)cc2)(S(=O)(=O)c2cccc(C(F)(F)F)c2)C1. The molecule has 3 nitrogen and oxygen atoms in total. The van der Waals surface area contributed by atoms with E-state index in [4.69, 9.17) is 16.3 Å². The fourth-order valence-electron chi connectivity index (χ4n) is 3.32. The minimum Gasteiger partial charge on any atom is -0.354 e. The van der Waals surface area contributed by atoms with E-state index in [2.05, 4.69) is 0 Å². The third-order valence-corrected chi connectivity index (χ3v) is 7.27. The van der Waals surface area contributed by atoms with Crippen molar-refractivity contribution < 1.29 is 26.3 Å². The third kappa shape index (κ3) is 3.73. The fourth-order valence-corrected chi connectivity index (χ4v) is 5.56. The van der Waals surface area contributed by atoms with Gasteiger partial charge in [0.1, 0.15) is 0 Å². The number of hydrogen-bond acceptors (Lipinski definition) is 3. The third-order valence-electron chi connectivity index (χ3n) is 4.75. The van der Waals surface area contributed by atoms with Crippen LogP contribution in [0, 0.1) is 5.92 Å². The van der Waals surface area contributed by atoms with E-state index in [1.54, 1.807) is 24.3 Å². The highest BCUT2D eigenvalue weighted by Crippen LogP contribution is 2.46. The van der Waals surface area contributed by atoms with Crippen LogP contribution in [0.2, 0.25) is 5.02 Å². The molecule has 146 valence electrons. The topological polar surface area (TPSA) is 43.4 Å². The summed E-state index contributed by atoms with van der Waals surface area (Å²) in [6.07, 6.45) is -3.82. The van der Waals surface area contributed by atoms with Crippen molar-refractivity contribution in [2.75, 3.05) is 6.61 Å². The Bertz CT molecular complexity index is 926. The average Bonchev–Trinajstić information content (AvgIpc) is 2.61. The second-order valence-electron chi connectivity index (χ2n) is 6.74. The summed E-state index contributed by atoms with van der Waals surface area (Å²) in [7, 11) is -4.27. The Labute approximate surface area is 161 Å². The van der Waals surface area contributed by atoms with Gasteiger partial charge in [-0.05, 0) is 54.7 Å². The van der Waals surface area contributed by atoms with Gasteiger partial charge >= 0.3 is 6.18 Å². The smallest absolute Gasteiger partial charge is 0.354 e. The van der Waals surface area contributed by atoms with Crippen LogP contribution in [0.15, 0.2) is 53.4 Å². The highest BCUT2D eigenvalue weighted by molar-refractivity contribution is 7.92. The van der Waals surface area contributed by atoms with E-state index in [-0.39, 0.29) is 18.9 Å². The maximum absolute atomic E-state index is 13.5. The van der Waals surface area contributed by atoms with Crippen molar-refractivity contribution in [2.24, 2.45) is 5.92 Å². The number of ether oxygens (including phenoxy) is 1. The summed E-state index contributed by atoms with van der Waals surface area (Å²) in [6, 6.07) is 9.96. The standard InChI is InChI=1S/C19H18ClF3O3S/c1-13-9-10-26-18(12-13,14-5-7-16(20)8-6-14)27(24,25)17-4-2-3-15(11-17)19(21,22)23/h2-8,11,13H,9-10,12H2,1H3. The van der Waals surface area contributed by atoms with Gasteiger partial charge in [-0.3, -0.25) is 0 Å². The van der Waals surface area contributed by atoms with Crippen molar-refractivity contribution in [2.45, 2.75) is 35.8 Å². The summed E-state index contributed by atoms with van der Waals surface area (Å²) < 4.78 is 72.0. The molecule has 3 rings (SSSR count). The van der Waals surface area contributed by atoms with Crippen LogP contribution in [-0.2, 0) is 25.7 Å². The van der Waals surface area contributed by atoms with Crippen molar-refractivity contribution in [3.63, 3.8) is 0 Å². The quantitative estimate of drug-likeness (QED) is 0.667. The van der Waals surface area contributed by atoms with Gasteiger partial charge in [0.2, 0.25) is 9.84 Å². The Kier molecular flexibility index (Phi) is 5.31. The molecule has 1 saturated heterocycles. The van der Waals surface area contributed by atoms with E-state index in [0.29, 0.717) is 23.1 Å². The summed E-state index contributed by atoms with van der Waals surface area (Å²) in [4.78, 5) is -2.17. The van der Waals surface area contributed by atoms with Gasteiger partial charge in [-0.25, -0.2) is 8.42 Å². The first-order valence-corrected chi connectivity index (χ1v) is 10.2. The second-order valence-corrected chi connectivity index (χ2v) is 9.31. The van der Waals surface area contributed by atoms with Crippen LogP contribution in [0.3, 0.4) is 0 Å². The number of benzene rings is 2. The van der Waals surface area contributed by atoms with Crippen LogP contribution in [0.25, 0.3) is 0 Å². The lowest BCUT2D eigenvalue weighted by Crippen LogP contribution is -2.43. The van der Waals surface area contributed by atoms with E-state index >= 15 is 0 Å². The Morgan fingerprint density at radius 3 is 2.41 bits per heavy atom. The molecular weight excluding hydrogens is 401 g/mol. The van der Waals surface area contributed by atoms with Crippen molar-refractivity contribution in [1.82, 2.24) is 0 Å². The molecule has 2 aromatic carbocycles. The molecule has 1 fully saturated rings. The minimum atomic E-state index is -4.64. The molecule has 0 spiro atoms. The fraction of sp³-hybridized carbons (Fsp3) is 0.368. The molecule has 0 aromatic heterocycles. The predicted molar refractivity (Wildman–Crippen MR) is 96.1 cm³/mol. The normalized spacial score (nSPS) is 24.0. The van der Waals surface area contributed by atoms with Crippen molar-refractivity contribution in [3.8, 4) is 0 Å². The lowest BCUT2D eigenvalue weighted by molar-refractivity contribution is -0.137. The highest BCUT2D eigenvalue weighted by atomic mass is 35.5. The molecule has 27 heavy (non-hydrogen) atoms. The zero-order valence-electron chi connectivity index (χ0n) is 14.5. The monoisotopic (exact) mass is 418 g/mol. The van der Waals surface area contributed by atoms with Gasteiger partial charge in [-0.2, -0.15) is 13.2 Å². The number of rotatable bonds is 3. The molecule has 0 amide bonds. The Morgan fingerprint density at radius 1 is 1.15 bits per heavy atom. The first-order valence-electron chi connectivity index (χ1n) is 8.38. The van der Waals surface area contributed by atoms with E-state index < -0.39 is 31.4 Å². The number of sulfone groups is 1. The van der Waals surface area contributed by atoms with Crippen molar-refractivity contribution >= 4 is 21.4 Å². The van der Waals surface area contributed by atoms with Crippen LogP contribution in [0.4, 0.5) is 13.2 Å². The van der Waals surface area contributed by atoms with Gasteiger partial charge < -0.3 is 4.74 Å². The Morgan fingerprint density at radius 2 is 1.81 bits per heavy atom. The molecule has 0 bridgehead atoms. The van der Waals surface area contributed by atoms with Gasteiger partial charge in [-0.15, -0.1) is 0 Å². The predicted octanol–water partition coefficient (Wildman–Crippen LogP) is 5.43. The molecule has 1 heterocycles. The van der Waals surface area contributed by atoms with Crippen molar-refractivity contribution in [3.05, 3.63) is 64.7 Å². The first-order chi connectivity index (χ1) is 12.6. The summed E-state index contributed by atoms with van der Waals surface area (Å²) in [6.45, 7) is 2.09. The molecule has 2 atom stereocenters. The molecule has 2 unspecified atom stereocenters. The average molecular weight is 419 g/mol. The van der Waals surface area contributed by atoms with Gasteiger partial charge in [0.15, 0.2) is 4.93 Å². The summed E-state index contributed by atoms with van der Waals surface area (Å²) in [5.41, 5.74) is -0.658. The molecule has 1 aliphatic rings. The lowest BCUT2D eigenvalue weighted by Gasteiger charge is -2.39. The molecule has 8 heteroatoms. The molecule has 2 aromatic rings. The minimum absolute atomic E-state index is 0.0231. The summed E-state index contributed by atoms with van der Waals surface area (Å²) in [5.74, 6) is 0.0231. The molecule has 0 saturated carbocycles. The zero-order chi connectivity index (χ0) is 19.9. The molecular formula is C19H18ClF3O3S. The van der Waals surface area contributed by atoms with Gasteiger partial charge in [-0.1, -0.05) is 36.7 Å². The maximum Gasteiger partial charge on any atom is 0.416 e. The Hall–Kier alpha value is -1.57. The lowest BCUT2D eigenvalue weighted by atomic mass is 9.93. The summed E-state index contributed by atoms with van der Waals surface area (Å²) >= 11 is 5.91. The Balaban J connectivity index is 2.18. The number of halogens is 4. The van der Waals surface area contributed by atoms with E-state index in [9.17, 15) is 21.6 Å². The maximum atomic E-state index is 13.5. The highest BCUT2D eigenvalue weighted by Gasteiger charge is 2.50. The van der Waals surface area contributed by atoms with E-state index in [0.717, 1.165) is 12.1 Å². The molecule has 1 aliphatic heterocycles. The van der Waals surface area contributed by atoms with Crippen LogP contribution < -0.4 is 0 Å². The van der Waals surface area contributed by atoms with Crippen LogP contribution in [0.5, 0.6) is 0 Å². The van der Waals surface area contributed by atoms with Crippen molar-refractivity contribution in [1.29, 1.82) is 0 Å². The largest absolute Gasteiger partial charge is 0.416 e. The molecule has 0 aliphatic carbocycles. The van der Waals surface area contributed by atoms with Crippen LogP contribution in [0.1, 0.15) is 30.9 Å². The zero-order valence-corrected chi connectivity index (χ0v) is 16.0. The second kappa shape index (κ2) is 7.11. The van der Waals surface area contributed by atoms with Gasteiger partial charge in [0, 0.05) is 11.6 Å². The molecule has 0 N–H and O–H groups in total. The van der Waals surface area contributed by atoms with E-state index in [1.807, 2.05) is 6.92 Å². The van der Waals surface area contributed by atoms with Gasteiger partial charge in [0.05, 0.1) is 10.5 Å². The van der Waals surface area contributed by atoms with Crippen LogP contribution >= 0.6 is 11.6 Å². The van der Waals surface area contributed by atoms with E-state index in [1.165, 1.54) is 6.07 Å².